The number of benzene rings is 2. The van der Waals surface area contributed by atoms with Crippen LogP contribution in [0.3, 0.4) is 0 Å². The fraction of sp³-hybridized carbons (Fsp3) is 0.485. The largest absolute Gasteiger partial charge is 0.320 e. The van der Waals surface area contributed by atoms with Gasteiger partial charge in [0, 0.05) is 6.54 Å². The first-order valence-corrected chi connectivity index (χ1v) is 16.7. The Kier molecular flexibility index (Phi) is 15.4. The molecule has 45 heavy (non-hydrogen) atoms. The predicted octanol–water partition coefficient (Wildman–Crippen LogP) is 4.51. The summed E-state index contributed by atoms with van der Waals surface area (Å²) in [6.07, 6.45) is 8.76. The highest BCUT2D eigenvalue weighted by atomic mass is 32.2. The number of hydroxylamine groups is 1. The van der Waals surface area contributed by atoms with Gasteiger partial charge in [-0.15, -0.1) is 0 Å². The molecule has 2 aromatic rings. The summed E-state index contributed by atoms with van der Waals surface area (Å²) in [7, 11) is -4.02. The molecule has 1 aliphatic rings. The molecule has 3 atom stereocenters. The van der Waals surface area contributed by atoms with Crippen LogP contribution in [0.1, 0.15) is 70.4 Å². The smallest absolute Gasteiger partial charge is 0.294 e. The van der Waals surface area contributed by atoms with Crippen LogP contribution in [-0.2, 0) is 24.5 Å². The lowest BCUT2D eigenvalue weighted by Gasteiger charge is -2.31. The Morgan fingerprint density at radius 2 is 1.58 bits per heavy atom. The van der Waals surface area contributed by atoms with Crippen molar-refractivity contribution < 1.29 is 32.6 Å². The number of hydrazine groups is 1. The normalized spacial score (nSPS) is 15.6. The monoisotopic (exact) mass is 644 g/mol. The summed E-state index contributed by atoms with van der Waals surface area (Å²) in [6.45, 7) is 7.62. The Morgan fingerprint density at radius 1 is 0.978 bits per heavy atom. The molecule has 1 saturated carbocycles. The number of nitrogens with zero attached hydrogens (tertiary/aromatic N) is 1. The van der Waals surface area contributed by atoms with Crippen LogP contribution in [0.4, 0.5) is 0 Å². The molecular weight excluding hydrogens is 596 g/mol. The van der Waals surface area contributed by atoms with E-state index in [1.807, 2.05) is 63.3 Å². The molecule has 0 aromatic heterocycles. The van der Waals surface area contributed by atoms with Crippen molar-refractivity contribution in [1.29, 1.82) is 0 Å². The van der Waals surface area contributed by atoms with Crippen LogP contribution in [0.15, 0.2) is 65.6 Å². The Labute approximate surface area is 266 Å². The summed E-state index contributed by atoms with van der Waals surface area (Å²) >= 11 is 0. The van der Waals surface area contributed by atoms with Crippen LogP contribution in [0.25, 0.3) is 6.08 Å². The molecule has 2 aromatic carbocycles. The van der Waals surface area contributed by atoms with Gasteiger partial charge in [0.1, 0.15) is 0 Å². The number of carbonyl (C=O) groups is 3. The molecule has 0 unspecified atom stereocenters. The molecular formula is C33H48N4O7S. The van der Waals surface area contributed by atoms with Gasteiger partial charge in [-0.05, 0) is 56.2 Å². The summed E-state index contributed by atoms with van der Waals surface area (Å²) in [5.74, 6) is -2.43. The van der Waals surface area contributed by atoms with Gasteiger partial charge >= 0.3 is 0 Å². The quantitative estimate of drug-likeness (QED) is 0.127. The molecule has 1 aliphatic carbocycles. The molecule has 3 rings (SSSR count). The van der Waals surface area contributed by atoms with Gasteiger partial charge in [-0.1, -0.05) is 99.7 Å². The van der Waals surface area contributed by atoms with Crippen molar-refractivity contribution in [2.45, 2.75) is 77.2 Å². The second kappa shape index (κ2) is 18.4. The first kappa shape index (κ1) is 37.6. The standard InChI is InChI=1S/C26H40N4O4.C7H8O3S/c1-18(2)17-30(26(33)19(3)27)28-24(31)23(16-21-12-7-8-13-21)22(25(32)29-34)15-9-14-20-10-5-4-6-11-20;1-6-2-4-7(5-3-6)11(8,9)10/h4-6,9-11,14,18-19,21-23,34H,7-8,12-13,15-17,27H2,1-3H3,(H,28,31)(H,29,32);2-5H,1H3,(H,8,9,10)/t19-,22+,23-;/m1./s1. The first-order valence-electron chi connectivity index (χ1n) is 15.3. The van der Waals surface area contributed by atoms with Crippen LogP contribution in [0.2, 0.25) is 0 Å². The van der Waals surface area contributed by atoms with Gasteiger partial charge in [-0.25, -0.2) is 5.48 Å². The number of hydrogen-bond donors (Lipinski definition) is 5. The number of hydrogen-bond acceptors (Lipinski definition) is 7. The highest BCUT2D eigenvalue weighted by Gasteiger charge is 2.37. The summed E-state index contributed by atoms with van der Waals surface area (Å²) in [5.41, 5.74) is 12.2. The van der Waals surface area contributed by atoms with Crippen molar-refractivity contribution in [1.82, 2.24) is 15.9 Å². The Balaban J connectivity index is 0.000000537. The Hall–Kier alpha value is -3.58. The van der Waals surface area contributed by atoms with Crippen molar-refractivity contribution in [3.05, 3.63) is 71.8 Å². The fourth-order valence-corrected chi connectivity index (χ4v) is 5.72. The molecule has 0 aliphatic heterocycles. The highest BCUT2D eigenvalue weighted by Crippen LogP contribution is 2.34. The van der Waals surface area contributed by atoms with Crippen molar-refractivity contribution in [3.63, 3.8) is 0 Å². The lowest BCUT2D eigenvalue weighted by atomic mass is 9.80. The second-order valence-corrected chi connectivity index (χ2v) is 13.4. The summed E-state index contributed by atoms with van der Waals surface area (Å²) in [5, 5.41) is 10.7. The average molecular weight is 645 g/mol. The maximum atomic E-state index is 13.5. The third kappa shape index (κ3) is 13.1. The van der Waals surface area contributed by atoms with E-state index in [-0.39, 0.29) is 23.1 Å². The molecule has 12 heteroatoms. The van der Waals surface area contributed by atoms with E-state index in [4.69, 9.17) is 10.3 Å². The number of allylic oxidation sites excluding steroid dienone is 1. The van der Waals surface area contributed by atoms with Crippen LogP contribution < -0.4 is 16.6 Å². The summed E-state index contributed by atoms with van der Waals surface area (Å²) < 4.78 is 29.6. The molecule has 11 nitrogen and oxygen atoms in total. The van der Waals surface area contributed by atoms with Gasteiger partial charge in [0.2, 0.25) is 11.8 Å². The van der Waals surface area contributed by atoms with Crippen molar-refractivity contribution in [2.75, 3.05) is 6.54 Å². The van der Waals surface area contributed by atoms with Gasteiger partial charge in [0.25, 0.3) is 16.0 Å². The number of nitrogens with two attached hydrogens (primary N) is 1. The zero-order valence-corrected chi connectivity index (χ0v) is 27.4. The number of amides is 3. The zero-order valence-electron chi connectivity index (χ0n) is 26.6. The molecule has 0 heterocycles. The van der Waals surface area contributed by atoms with Gasteiger partial charge in [0.15, 0.2) is 0 Å². The first-order chi connectivity index (χ1) is 21.2. The molecule has 0 bridgehead atoms. The maximum Gasteiger partial charge on any atom is 0.294 e. The topological polar surface area (TPSA) is 179 Å². The van der Waals surface area contributed by atoms with Gasteiger partial charge in [0.05, 0.1) is 22.8 Å². The van der Waals surface area contributed by atoms with E-state index in [1.165, 1.54) is 17.1 Å². The minimum Gasteiger partial charge on any atom is -0.320 e. The second-order valence-electron chi connectivity index (χ2n) is 12.0. The van der Waals surface area contributed by atoms with E-state index in [9.17, 15) is 28.0 Å². The van der Waals surface area contributed by atoms with Crippen LogP contribution in [-0.4, -0.2) is 53.5 Å². The lowest BCUT2D eigenvalue weighted by molar-refractivity contribution is -0.148. The van der Waals surface area contributed by atoms with Crippen LogP contribution in [0.5, 0.6) is 0 Å². The van der Waals surface area contributed by atoms with E-state index in [0.29, 0.717) is 18.9 Å². The van der Waals surface area contributed by atoms with Gasteiger partial charge < -0.3 is 5.73 Å². The number of rotatable bonds is 12. The molecule has 0 spiro atoms. The van der Waals surface area contributed by atoms with Gasteiger partial charge in [-0.3, -0.25) is 34.6 Å². The van der Waals surface area contributed by atoms with E-state index in [0.717, 1.165) is 36.8 Å². The zero-order chi connectivity index (χ0) is 33.6. The van der Waals surface area contributed by atoms with Gasteiger partial charge in [-0.2, -0.15) is 8.42 Å². The van der Waals surface area contributed by atoms with E-state index >= 15 is 0 Å². The molecule has 248 valence electrons. The Morgan fingerprint density at radius 3 is 2.09 bits per heavy atom. The summed E-state index contributed by atoms with van der Waals surface area (Å²) in [4.78, 5) is 38.8. The molecule has 0 radical (unpaired) electrons. The average Bonchev–Trinajstić information content (AvgIpc) is 3.51. The van der Waals surface area contributed by atoms with E-state index in [1.54, 1.807) is 24.5 Å². The number of aryl methyl sites for hydroxylation is 1. The predicted molar refractivity (Wildman–Crippen MR) is 173 cm³/mol. The van der Waals surface area contributed by atoms with Crippen LogP contribution >= 0.6 is 0 Å². The SMILES string of the molecule is CC(C)CN(NC(=O)[C@H](CC1CCCC1)[C@H](CC=Cc1ccccc1)C(=O)NO)C(=O)[C@@H](C)N.Cc1ccc(S(=O)(=O)O)cc1. The Bertz CT molecular complexity index is 1360. The molecule has 0 saturated heterocycles. The van der Waals surface area contributed by atoms with Crippen LogP contribution in [0, 0.1) is 30.6 Å². The fourth-order valence-electron chi connectivity index (χ4n) is 5.24. The molecule has 3 amide bonds. The minimum atomic E-state index is -4.02. The molecule has 6 N–H and O–H groups in total. The number of carbonyl (C=O) groups excluding carboxylic acids is 3. The number of nitrogens with one attached hydrogen (secondary N) is 2. The maximum absolute atomic E-state index is 13.5. The summed E-state index contributed by atoms with van der Waals surface area (Å²) in [6, 6.07) is 14.9. The third-order valence-corrected chi connectivity index (χ3v) is 8.47. The van der Waals surface area contributed by atoms with E-state index < -0.39 is 39.8 Å². The van der Waals surface area contributed by atoms with E-state index in [2.05, 4.69) is 5.43 Å². The van der Waals surface area contributed by atoms with Crippen molar-refractivity contribution in [3.8, 4) is 0 Å². The van der Waals surface area contributed by atoms with Crippen molar-refractivity contribution in [2.24, 2.45) is 29.4 Å². The highest BCUT2D eigenvalue weighted by molar-refractivity contribution is 7.85. The van der Waals surface area contributed by atoms with Crippen molar-refractivity contribution >= 4 is 33.9 Å². The lowest BCUT2D eigenvalue weighted by Crippen LogP contribution is -2.55. The minimum absolute atomic E-state index is 0.0666. The third-order valence-electron chi connectivity index (χ3n) is 7.60. The molecule has 1 fully saturated rings.